The minimum atomic E-state index is -0.452. The van der Waals surface area contributed by atoms with Crippen LogP contribution in [0.2, 0.25) is 0 Å². The molecule has 1 aliphatic rings. The second-order valence-corrected chi connectivity index (χ2v) is 8.15. The van der Waals surface area contributed by atoms with Crippen LogP contribution >= 0.6 is 0 Å². The van der Waals surface area contributed by atoms with Crippen molar-refractivity contribution in [2.45, 2.75) is 91.8 Å². The van der Waals surface area contributed by atoms with Crippen LogP contribution in [0.4, 0.5) is 0 Å². The zero-order chi connectivity index (χ0) is 19.5. The number of aliphatic hydroxyl groups is 2. The molecule has 25 heavy (non-hydrogen) atoms. The molecule has 0 amide bonds. The van der Waals surface area contributed by atoms with Gasteiger partial charge in [-0.2, -0.15) is 0 Å². The highest BCUT2D eigenvalue weighted by molar-refractivity contribution is 5.17. The number of rotatable bonds is 9. The molecule has 1 aliphatic carbocycles. The summed E-state index contributed by atoms with van der Waals surface area (Å²) in [6, 6.07) is 0. The Balaban J connectivity index is 0.000000823. The zero-order valence-electron chi connectivity index (χ0n) is 17.3. The summed E-state index contributed by atoms with van der Waals surface area (Å²) < 4.78 is 0. The molecule has 0 spiro atoms. The largest absolute Gasteiger partial charge is 0.392 e. The molecule has 0 aromatic heterocycles. The monoisotopic (exact) mass is 350 g/mol. The lowest BCUT2D eigenvalue weighted by atomic mass is 9.80. The van der Waals surface area contributed by atoms with Gasteiger partial charge in [0.25, 0.3) is 0 Å². The summed E-state index contributed by atoms with van der Waals surface area (Å²) in [5.41, 5.74) is 1.01. The second kappa shape index (κ2) is 12.5. The van der Waals surface area contributed by atoms with Crippen LogP contribution in [0.3, 0.4) is 0 Å². The van der Waals surface area contributed by atoms with Crippen LogP contribution in [-0.4, -0.2) is 22.4 Å². The number of hydrogen-bond donors (Lipinski definition) is 2. The molecule has 1 fully saturated rings. The van der Waals surface area contributed by atoms with Gasteiger partial charge in [-0.3, -0.25) is 0 Å². The van der Waals surface area contributed by atoms with E-state index >= 15 is 0 Å². The van der Waals surface area contributed by atoms with Gasteiger partial charge in [0.1, 0.15) is 0 Å². The summed E-state index contributed by atoms with van der Waals surface area (Å²) in [7, 11) is 0. The van der Waals surface area contributed by atoms with E-state index in [9.17, 15) is 10.2 Å². The van der Waals surface area contributed by atoms with Gasteiger partial charge in [0.15, 0.2) is 0 Å². The first-order chi connectivity index (χ1) is 11.7. The third-order valence-corrected chi connectivity index (χ3v) is 5.39. The molecule has 0 aliphatic heterocycles. The van der Waals surface area contributed by atoms with Crippen molar-refractivity contribution in [1.29, 1.82) is 0 Å². The van der Waals surface area contributed by atoms with Gasteiger partial charge in [-0.15, -0.1) is 6.58 Å². The smallest absolute Gasteiger partial charge is 0.0771 e. The van der Waals surface area contributed by atoms with Crippen LogP contribution < -0.4 is 0 Å². The predicted molar refractivity (Wildman–Crippen MR) is 111 cm³/mol. The van der Waals surface area contributed by atoms with Gasteiger partial charge in [-0.25, -0.2) is 0 Å². The van der Waals surface area contributed by atoms with Gasteiger partial charge < -0.3 is 10.2 Å². The average molecular weight is 351 g/mol. The van der Waals surface area contributed by atoms with Gasteiger partial charge in [0.2, 0.25) is 0 Å². The van der Waals surface area contributed by atoms with E-state index in [1.807, 2.05) is 18.2 Å². The van der Waals surface area contributed by atoms with Crippen molar-refractivity contribution in [1.82, 2.24) is 0 Å². The molecular formula is C23H42O2. The van der Waals surface area contributed by atoms with E-state index in [2.05, 4.69) is 47.8 Å². The quantitative estimate of drug-likeness (QED) is 0.392. The Hall–Kier alpha value is -0.860. The van der Waals surface area contributed by atoms with Crippen molar-refractivity contribution in [3.63, 3.8) is 0 Å². The lowest BCUT2D eigenvalue weighted by Crippen LogP contribution is -2.28. The molecule has 2 heteroatoms. The Morgan fingerprint density at radius 3 is 2.24 bits per heavy atom. The standard InChI is InChI=1S/C17H30O2.C6H12/c1-6-7-10-17(4,5)16(19)9-8-14-13(3)12(2)11-15(14)18;1-3-5-6-4-2/h8-9,13-16,18-19H,2,6-7,10-11H2,1,3-5H3;3H,1,4-6H2,2H3/b9-8+;/t13?,14-,15?,16?;/m1./s1. The van der Waals surface area contributed by atoms with Crippen molar-refractivity contribution in [3.05, 3.63) is 37.0 Å². The summed E-state index contributed by atoms with van der Waals surface area (Å²) in [6.45, 7) is 18.2. The topological polar surface area (TPSA) is 40.5 Å². The van der Waals surface area contributed by atoms with Gasteiger partial charge in [-0.05, 0) is 30.6 Å². The highest BCUT2D eigenvalue weighted by atomic mass is 16.3. The highest BCUT2D eigenvalue weighted by Crippen LogP contribution is 2.37. The molecular weight excluding hydrogens is 308 g/mol. The first-order valence-corrected chi connectivity index (χ1v) is 10.0. The molecule has 2 nitrogen and oxygen atoms in total. The Morgan fingerprint density at radius 2 is 1.84 bits per heavy atom. The van der Waals surface area contributed by atoms with Gasteiger partial charge in [-0.1, -0.05) is 90.7 Å². The third kappa shape index (κ3) is 8.87. The van der Waals surface area contributed by atoms with Gasteiger partial charge in [0, 0.05) is 5.92 Å². The fourth-order valence-electron chi connectivity index (χ4n) is 3.11. The summed E-state index contributed by atoms with van der Waals surface area (Å²) in [6.07, 6.45) is 12.8. The Bertz CT molecular complexity index is 408. The van der Waals surface area contributed by atoms with E-state index in [-0.39, 0.29) is 17.4 Å². The summed E-state index contributed by atoms with van der Waals surface area (Å²) in [4.78, 5) is 0. The van der Waals surface area contributed by atoms with E-state index in [0.29, 0.717) is 12.3 Å². The van der Waals surface area contributed by atoms with Crippen molar-refractivity contribution < 1.29 is 10.2 Å². The fourth-order valence-corrected chi connectivity index (χ4v) is 3.11. The summed E-state index contributed by atoms with van der Waals surface area (Å²) in [5, 5.41) is 20.3. The van der Waals surface area contributed by atoms with Crippen LogP contribution in [-0.2, 0) is 0 Å². The molecule has 146 valence electrons. The fraction of sp³-hybridized carbons (Fsp3) is 0.739. The molecule has 0 aromatic rings. The Morgan fingerprint density at radius 1 is 1.24 bits per heavy atom. The molecule has 4 atom stereocenters. The van der Waals surface area contributed by atoms with Crippen molar-refractivity contribution in [2.24, 2.45) is 17.3 Å². The number of aliphatic hydroxyl groups excluding tert-OH is 2. The van der Waals surface area contributed by atoms with Crippen LogP contribution in [0.1, 0.15) is 79.6 Å². The van der Waals surface area contributed by atoms with E-state index in [0.717, 1.165) is 24.8 Å². The third-order valence-electron chi connectivity index (χ3n) is 5.39. The van der Waals surface area contributed by atoms with Crippen molar-refractivity contribution >= 4 is 0 Å². The zero-order valence-corrected chi connectivity index (χ0v) is 17.3. The lowest BCUT2D eigenvalue weighted by molar-refractivity contribution is 0.0799. The normalized spacial score (nSPS) is 24.9. The van der Waals surface area contributed by atoms with Crippen LogP contribution in [0, 0.1) is 17.3 Å². The maximum Gasteiger partial charge on any atom is 0.0771 e. The second-order valence-electron chi connectivity index (χ2n) is 8.15. The molecule has 0 saturated heterocycles. The molecule has 0 aromatic carbocycles. The Kier molecular flexibility index (Phi) is 12.1. The van der Waals surface area contributed by atoms with Crippen molar-refractivity contribution in [2.75, 3.05) is 0 Å². The molecule has 1 rings (SSSR count). The predicted octanol–water partition coefficient (Wildman–Crippen LogP) is 6.06. The minimum Gasteiger partial charge on any atom is -0.392 e. The van der Waals surface area contributed by atoms with Crippen molar-refractivity contribution in [3.8, 4) is 0 Å². The lowest BCUT2D eigenvalue weighted by Gasteiger charge is -2.29. The number of allylic oxidation sites excluding steroid dienone is 1. The molecule has 0 radical (unpaired) electrons. The maximum absolute atomic E-state index is 10.3. The number of unbranched alkanes of at least 4 members (excludes halogenated alkanes) is 3. The van der Waals surface area contributed by atoms with E-state index in [4.69, 9.17) is 0 Å². The molecule has 0 heterocycles. The van der Waals surface area contributed by atoms with Gasteiger partial charge >= 0.3 is 0 Å². The minimum absolute atomic E-state index is 0.101. The summed E-state index contributed by atoms with van der Waals surface area (Å²) in [5.74, 6) is 0.404. The first kappa shape index (κ1) is 24.1. The SMILES string of the molecule is C=C1CC(O)[C@H](/C=C/C(O)C(C)(C)CCCC)C1C.C=CCCCC. The highest BCUT2D eigenvalue weighted by Gasteiger charge is 2.33. The molecule has 0 bridgehead atoms. The number of hydrogen-bond acceptors (Lipinski definition) is 2. The van der Waals surface area contributed by atoms with Gasteiger partial charge in [0.05, 0.1) is 12.2 Å². The molecule has 2 N–H and O–H groups in total. The van der Waals surface area contributed by atoms with Crippen LogP contribution in [0.5, 0.6) is 0 Å². The average Bonchev–Trinajstić information content (AvgIpc) is 2.81. The maximum atomic E-state index is 10.3. The molecule has 1 saturated carbocycles. The molecule has 3 unspecified atom stereocenters. The van der Waals surface area contributed by atoms with Crippen LogP contribution in [0.15, 0.2) is 37.0 Å². The van der Waals surface area contributed by atoms with E-state index in [1.54, 1.807) is 0 Å². The van der Waals surface area contributed by atoms with E-state index in [1.165, 1.54) is 19.3 Å². The summed E-state index contributed by atoms with van der Waals surface area (Å²) >= 11 is 0. The first-order valence-electron chi connectivity index (χ1n) is 10.0. The van der Waals surface area contributed by atoms with Crippen LogP contribution in [0.25, 0.3) is 0 Å². The van der Waals surface area contributed by atoms with E-state index < -0.39 is 6.10 Å². The Labute approximate surface area is 156 Å².